The molecule has 3 rings (SSSR count). The minimum absolute atomic E-state index is 0.0391. The molecule has 3 heteroatoms. The lowest BCUT2D eigenvalue weighted by atomic mass is 9.78. The number of allylic oxidation sites excluding steroid dienone is 8. The van der Waals surface area contributed by atoms with Crippen LogP contribution in [-0.2, 0) is 4.79 Å². The number of carbonyl (C=O) groups is 1. The summed E-state index contributed by atoms with van der Waals surface area (Å²) in [4.78, 5) is 8.36. The summed E-state index contributed by atoms with van der Waals surface area (Å²) in [5.74, 6) is -0.0391. The van der Waals surface area contributed by atoms with Crippen LogP contribution in [-0.4, -0.2) is 11.6 Å². The molecule has 1 atom stereocenters. The molecule has 0 spiro atoms. The zero-order chi connectivity index (χ0) is 11.1. The summed E-state index contributed by atoms with van der Waals surface area (Å²) in [5, 5.41) is 6.89. The van der Waals surface area contributed by atoms with E-state index in [4.69, 9.17) is 9.90 Å². The fraction of sp³-hybridized carbons (Fsp3) is 0.250. The van der Waals surface area contributed by atoms with E-state index in [1.165, 1.54) is 11.1 Å². The Morgan fingerprint density at radius 1 is 1.53 bits per heavy atom. The Balaban J connectivity index is 0.000000258. The lowest BCUT2D eigenvalue weighted by molar-refractivity contribution is -0.122. The van der Waals surface area contributed by atoms with Crippen molar-refractivity contribution in [2.24, 2.45) is 5.41 Å². The van der Waals surface area contributed by atoms with E-state index in [1.807, 2.05) is 6.08 Å². The van der Waals surface area contributed by atoms with Crippen molar-refractivity contribution in [3.8, 4) is 0 Å². The van der Waals surface area contributed by atoms with Gasteiger partial charge in [-0.15, -0.1) is 0 Å². The summed E-state index contributed by atoms with van der Waals surface area (Å²) in [6, 6.07) is 0. The molecule has 78 valence electrons. The van der Waals surface area contributed by atoms with E-state index < -0.39 is 0 Å². The van der Waals surface area contributed by atoms with Crippen LogP contribution in [0.3, 0.4) is 0 Å². The maximum absolute atomic E-state index is 13.2. The molecule has 3 aliphatic carbocycles. The Labute approximate surface area is 87.1 Å². The topological polar surface area (TPSA) is 37.3 Å². The number of hydrogen-bond acceptors (Lipinski definition) is 1. The van der Waals surface area contributed by atoms with Gasteiger partial charge in [-0.2, -0.15) is 0 Å². The second-order valence-electron chi connectivity index (χ2n) is 3.90. The molecule has 0 saturated heterocycles. The second-order valence-corrected chi connectivity index (χ2v) is 3.90. The van der Waals surface area contributed by atoms with Crippen LogP contribution >= 0.6 is 0 Å². The number of halogens is 1. The molecule has 4 bridgehead atoms. The third kappa shape index (κ3) is 1.19. The third-order valence-corrected chi connectivity index (χ3v) is 3.10. The van der Waals surface area contributed by atoms with Crippen LogP contribution in [0.2, 0.25) is 0 Å². The highest BCUT2D eigenvalue weighted by molar-refractivity contribution is 5.68. The van der Waals surface area contributed by atoms with Gasteiger partial charge in [0, 0.05) is 11.0 Å². The summed E-state index contributed by atoms with van der Waals surface area (Å²) in [7, 11) is 0. The maximum atomic E-state index is 13.2. The van der Waals surface area contributed by atoms with Crippen LogP contribution in [0.15, 0.2) is 46.9 Å². The van der Waals surface area contributed by atoms with Crippen molar-refractivity contribution in [2.75, 3.05) is 0 Å². The van der Waals surface area contributed by atoms with E-state index in [0.717, 1.165) is 12.0 Å². The van der Waals surface area contributed by atoms with Gasteiger partial charge in [0.1, 0.15) is 5.83 Å². The highest BCUT2D eigenvalue weighted by Crippen LogP contribution is 2.56. The minimum Gasteiger partial charge on any atom is -0.483 e. The zero-order valence-corrected chi connectivity index (χ0v) is 8.33. The van der Waals surface area contributed by atoms with Crippen molar-refractivity contribution in [1.29, 1.82) is 0 Å². The van der Waals surface area contributed by atoms with E-state index >= 15 is 0 Å². The predicted molar refractivity (Wildman–Crippen MR) is 54.9 cm³/mol. The normalized spacial score (nSPS) is 29.5. The molecule has 0 radical (unpaired) electrons. The summed E-state index contributed by atoms with van der Waals surface area (Å²) >= 11 is 0. The highest BCUT2D eigenvalue weighted by Gasteiger charge is 2.44. The van der Waals surface area contributed by atoms with Crippen molar-refractivity contribution in [3.05, 3.63) is 46.9 Å². The van der Waals surface area contributed by atoms with Crippen molar-refractivity contribution in [2.45, 2.75) is 13.3 Å². The Morgan fingerprint density at radius 3 is 2.80 bits per heavy atom. The molecule has 15 heavy (non-hydrogen) atoms. The molecule has 0 amide bonds. The maximum Gasteiger partial charge on any atom is 0.290 e. The lowest BCUT2D eigenvalue weighted by Gasteiger charge is -2.24. The molecule has 1 unspecified atom stereocenters. The van der Waals surface area contributed by atoms with Crippen LogP contribution in [0.5, 0.6) is 0 Å². The molecule has 0 heterocycles. The summed E-state index contributed by atoms with van der Waals surface area (Å²) in [6.45, 7) is 1.83. The van der Waals surface area contributed by atoms with Gasteiger partial charge in [-0.1, -0.05) is 18.2 Å². The molecule has 1 N–H and O–H groups in total. The first-order valence-corrected chi connectivity index (χ1v) is 4.72. The monoisotopic (exact) mass is 206 g/mol. The molecule has 0 aromatic heterocycles. The van der Waals surface area contributed by atoms with E-state index in [2.05, 4.69) is 19.1 Å². The summed E-state index contributed by atoms with van der Waals surface area (Å²) in [6.07, 6.45) is 8.92. The van der Waals surface area contributed by atoms with Crippen LogP contribution in [0.25, 0.3) is 0 Å². The Morgan fingerprint density at radius 2 is 2.20 bits per heavy atom. The Kier molecular flexibility index (Phi) is 2.11. The highest BCUT2D eigenvalue weighted by atomic mass is 19.1. The Bertz CT molecular complexity index is 441. The van der Waals surface area contributed by atoms with E-state index in [9.17, 15) is 4.39 Å². The molecule has 0 aliphatic heterocycles. The first kappa shape index (κ1) is 9.90. The predicted octanol–water partition coefficient (Wildman–Crippen LogP) is 2.76. The average molecular weight is 206 g/mol. The molecule has 0 fully saturated rings. The van der Waals surface area contributed by atoms with Gasteiger partial charge in [0.2, 0.25) is 0 Å². The first-order valence-electron chi connectivity index (χ1n) is 4.72. The van der Waals surface area contributed by atoms with Gasteiger partial charge in [0.15, 0.2) is 0 Å². The van der Waals surface area contributed by atoms with E-state index in [-0.39, 0.29) is 17.7 Å². The molecule has 0 aromatic rings. The third-order valence-electron chi connectivity index (χ3n) is 3.10. The number of carboxylic acid groups (broad SMARTS) is 1. The van der Waals surface area contributed by atoms with Crippen molar-refractivity contribution in [3.63, 3.8) is 0 Å². The molecule has 0 saturated carbocycles. The fourth-order valence-electron chi connectivity index (χ4n) is 2.41. The molecule has 3 aliphatic rings. The smallest absolute Gasteiger partial charge is 0.290 e. The number of rotatable bonds is 0. The summed E-state index contributed by atoms with van der Waals surface area (Å²) in [5.41, 5.74) is 3.23. The zero-order valence-electron chi connectivity index (χ0n) is 8.33. The van der Waals surface area contributed by atoms with Crippen LogP contribution in [0, 0.1) is 5.41 Å². The standard InChI is InChI=1S/C11H9F.CH2O2/c1-11-4-2-3-7-5-9(11)10(12)6-8(7)11;2-1-3/h2,4-6H,3H2,1H3;1H,(H,2,3). The molecular formula is C12H11FO2. The number of hydrogen-bond donors (Lipinski definition) is 1. The van der Waals surface area contributed by atoms with Gasteiger partial charge >= 0.3 is 0 Å². The molecule has 0 aromatic carbocycles. The fourth-order valence-corrected chi connectivity index (χ4v) is 2.41. The van der Waals surface area contributed by atoms with Crippen LogP contribution in [0.1, 0.15) is 13.3 Å². The van der Waals surface area contributed by atoms with Gasteiger partial charge in [-0.25, -0.2) is 4.39 Å². The quantitative estimate of drug-likeness (QED) is 0.488. The van der Waals surface area contributed by atoms with Crippen molar-refractivity contribution < 1.29 is 14.3 Å². The largest absolute Gasteiger partial charge is 0.483 e. The van der Waals surface area contributed by atoms with Gasteiger partial charge in [0.05, 0.1) is 0 Å². The first-order chi connectivity index (χ1) is 7.13. The van der Waals surface area contributed by atoms with E-state index in [1.54, 1.807) is 6.08 Å². The van der Waals surface area contributed by atoms with E-state index in [0.29, 0.717) is 0 Å². The van der Waals surface area contributed by atoms with Gasteiger partial charge in [0.25, 0.3) is 6.47 Å². The molecule has 2 nitrogen and oxygen atoms in total. The van der Waals surface area contributed by atoms with Crippen molar-refractivity contribution in [1.82, 2.24) is 0 Å². The minimum atomic E-state index is -0.250. The van der Waals surface area contributed by atoms with Gasteiger partial charge in [-0.3, -0.25) is 4.79 Å². The second kappa shape index (κ2) is 3.19. The van der Waals surface area contributed by atoms with Crippen LogP contribution < -0.4 is 0 Å². The van der Waals surface area contributed by atoms with Crippen LogP contribution in [0.4, 0.5) is 4.39 Å². The Hall–Kier alpha value is -1.64. The lowest BCUT2D eigenvalue weighted by Crippen LogP contribution is -2.13. The van der Waals surface area contributed by atoms with Crippen molar-refractivity contribution >= 4 is 6.47 Å². The van der Waals surface area contributed by atoms with Gasteiger partial charge in [-0.05, 0) is 30.6 Å². The molecular weight excluding hydrogens is 195 g/mol. The average Bonchev–Trinajstić information content (AvgIpc) is 2.52. The van der Waals surface area contributed by atoms with Gasteiger partial charge < -0.3 is 5.11 Å². The SMILES string of the molecule is CC12C=CCC3=CC1=C(F)C=C32.O=CO. The summed E-state index contributed by atoms with van der Waals surface area (Å²) < 4.78 is 13.2.